The molecule has 0 atom stereocenters. The molecular weight excluding hydrogens is 304 g/mol. The van der Waals surface area contributed by atoms with Gasteiger partial charge in [-0.05, 0) is 18.2 Å². The van der Waals surface area contributed by atoms with Gasteiger partial charge in [0.1, 0.15) is 17.6 Å². The summed E-state index contributed by atoms with van der Waals surface area (Å²) in [6.07, 6.45) is 1.29. The molecule has 6 heteroatoms. The third kappa shape index (κ3) is 3.92. The van der Waals surface area contributed by atoms with Crippen LogP contribution >= 0.6 is 23.2 Å². The Morgan fingerprint density at radius 3 is 2.70 bits per heavy atom. The summed E-state index contributed by atoms with van der Waals surface area (Å²) in [6.45, 7) is 0.0507. The summed E-state index contributed by atoms with van der Waals surface area (Å²) in [5.74, 6) is -1.09. The molecule has 0 N–H and O–H groups in total. The van der Waals surface area contributed by atoms with Gasteiger partial charge in [0.05, 0.1) is 6.42 Å². The topological polar surface area (TPSA) is 39.2 Å². The van der Waals surface area contributed by atoms with Crippen molar-refractivity contribution < 1.29 is 13.9 Å². The zero-order chi connectivity index (χ0) is 14.5. The second-order valence-corrected chi connectivity index (χ2v) is 4.82. The molecule has 0 aliphatic rings. The molecule has 3 nitrogen and oxygen atoms in total. The molecule has 2 aromatic rings. The number of halogens is 3. The van der Waals surface area contributed by atoms with Gasteiger partial charge in [-0.1, -0.05) is 35.3 Å². The first-order valence-electron chi connectivity index (χ1n) is 5.75. The molecule has 0 saturated carbocycles. The molecule has 0 amide bonds. The summed E-state index contributed by atoms with van der Waals surface area (Å²) in [4.78, 5) is 15.5. The SMILES string of the molecule is O=C(Cc1c(F)cccc1Cl)OCc1ccc(Cl)nc1. The number of benzene rings is 1. The van der Waals surface area contributed by atoms with Crippen molar-refractivity contribution in [3.05, 3.63) is 63.6 Å². The van der Waals surface area contributed by atoms with Crippen LogP contribution < -0.4 is 0 Å². The smallest absolute Gasteiger partial charge is 0.310 e. The highest BCUT2D eigenvalue weighted by atomic mass is 35.5. The van der Waals surface area contributed by atoms with E-state index in [1.807, 2.05) is 0 Å². The summed E-state index contributed by atoms with van der Waals surface area (Å²) in [5, 5.41) is 0.563. The number of nitrogens with zero attached hydrogens (tertiary/aromatic N) is 1. The Hall–Kier alpha value is -1.65. The number of esters is 1. The van der Waals surface area contributed by atoms with E-state index in [1.54, 1.807) is 12.1 Å². The summed E-state index contributed by atoms with van der Waals surface area (Å²) < 4.78 is 18.5. The molecule has 2 rings (SSSR count). The number of ether oxygens (including phenoxy) is 1. The van der Waals surface area contributed by atoms with E-state index in [0.29, 0.717) is 10.7 Å². The Balaban J connectivity index is 1.94. The van der Waals surface area contributed by atoms with E-state index in [9.17, 15) is 9.18 Å². The monoisotopic (exact) mass is 313 g/mol. The first-order valence-corrected chi connectivity index (χ1v) is 6.51. The van der Waals surface area contributed by atoms with Crippen LogP contribution in [-0.2, 0) is 22.6 Å². The Bertz CT molecular complexity index is 597. The first-order chi connectivity index (χ1) is 9.56. The van der Waals surface area contributed by atoms with Crippen LogP contribution in [0.3, 0.4) is 0 Å². The quantitative estimate of drug-likeness (QED) is 0.636. The lowest BCUT2D eigenvalue weighted by molar-refractivity contribution is -0.144. The largest absolute Gasteiger partial charge is 0.460 e. The van der Waals surface area contributed by atoms with Crippen molar-refractivity contribution in [3.63, 3.8) is 0 Å². The minimum Gasteiger partial charge on any atom is -0.460 e. The highest BCUT2D eigenvalue weighted by Gasteiger charge is 2.13. The second-order valence-electron chi connectivity index (χ2n) is 4.03. The van der Waals surface area contributed by atoms with E-state index >= 15 is 0 Å². The zero-order valence-corrected chi connectivity index (χ0v) is 11.8. The standard InChI is InChI=1S/C14H10Cl2FNO2/c15-11-2-1-3-12(17)10(11)6-14(19)20-8-9-4-5-13(16)18-7-9/h1-5,7H,6,8H2. The van der Waals surface area contributed by atoms with Crippen molar-refractivity contribution >= 4 is 29.2 Å². The summed E-state index contributed by atoms with van der Waals surface area (Å²) >= 11 is 11.5. The Labute approximate surface area is 125 Å². The van der Waals surface area contributed by atoms with Crippen LogP contribution in [0, 0.1) is 5.82 Å². The maximum Gasteiger partial charge on any atom is 0.310 e. The predicted octanol–water partition coefficient (Wildman–Crippen LogP) is 3.81. The molecule has 0 fully saturated rings. The number of carbonyl (C=O) groups is 1. The van der Waals surface area contributed by atoms with Crippen LogP contribution in [0.5, 0.6) is 0 Å². The summed E-state index contributed by atoms with van der Waals surface area (Å²) in [6, 6.07) is 7.54. The maximum atomic E-state index is 13.5. The van der Waals surface area contributed by atoms with E-state index in [2.05, 4.69) is 4.98 Å². The van der Waals surface area contributed by atoms with Crippen LogP contribution in [0.25, 0.3) is 0 Å². The van der Waals surface area contributed by atoms with Gasteiger partial charge in [0.2, 0.25) is 0 Å². The fraction of sp³-hybridized carbons (Fsp3) is 0.143. The van der Waals surface area contributed by atoms with Gasteiger partial charge in [-0.3, -0.25) is 4.79 Å². The molecule has 1 aromatic carbocycles. The maximum absolute atomic E-state index is 13.5. The third-order valence-corrected chi connectivity index (χ3v) is 3.15. The third-order valence-electron chi connectivity index (χ3n) is 2.57. The Morgan fingerprint density at radius 2 is 2.05 bits per heavy atom. The lowest BCUT2D eigenvalue weighted by Gasteiger charge is -2.07. The number of pyridine rings is 1. The molecular formula is C14H10Cl2FNO2. The van der Waals surface area contributed by atoms with Crippen LogP contribution in [-0.4, -0.2) is 11.0 Å². The summed E-state index contributed by atoms with van der Waals surface area (Å²) in [7, 11) is 0. The van der Waals surface area contributed by atoms with E-state index < -0.39 is 11.8 Å². The van der Waals surface area contributed by atoms with E-state index in [0.717, 1.165) is 0 Å². The van der Waals surface area contributed by atoms with Gasteiger partial charge in [-0.25, -0.2) is 9.37 Å². The van der Waals surface area contributed by atoms with Crippen LogP contribution in [0.15, 0.2) is 36.5 Å². The van der Waals surface area contributed by atoms with E-state index in [1.165, 1.54) is 24.4 Å². The number of rotatable bonds is 4. The van der Waals surface area contributed by atoms with Gasteiger partial charge in [0.15, 0.2) is 0 Å². The minimum atomic E-state index is -0.563. The molecule has 104 valence electrons. The molecule has 0 spiro atoms. The fourth-order valence-electron chi connectivity index (χ4n) is 1.55. The molecule has 0 bridgehead atoms. The van der Waals surface area contributed by atoms with Gasteiger partial charge >= 0.3 is 5.97 Å². The van der Waals surface area contributed by atoms with Crippen LogP contribution in [0.2, 0.25) is 10.2 Å². The van der Waals surface area contributed by atoms with Gasteiger partial charge in [-0.15, -0.1) is 0 Å². The predicted molar refractivity (Wildman–Crippen MR) is 74.2 cm³/mol. The number of carbonyl (C=O) groups excluding carboxylic acids is 1. The minimum absolute atomic E-state index is 0.0507. The molecule has 0 aliphatic carbocycles. The Kier molecular flexibility index (Phi) is 4.93. The molecule has 1 heterocycles. The molecule has 1 aromatic heterocycles. The first kappa shape index (κ1) is 14.8. The van der Waals surface area contributed by atoms with Gasteiger partial charge < -0.3 is 4.74 Å². The second kappa shape index (κ2) is 6.68. The van der Waals surface area contributed by atoms with E-state index in [-0.39, 0.29) is 23.6 Å². The highest BCUT2D eigenvalue weighted by Crippen LogP contribution is 2.20. The van der Waals surface area contributed by atoms with Crippen molar-refractivity contribution in [1.82, 2.24) is 4.98 Å². The summed E-state index contributed by atoms with van der Waals surface area (Å²) in [5.41, 5.74) is 0.829. The van der Waals surface area contributed by atoms with Crippen molar-refractivity contribution in [2.24, 2.45) is 0 Å². The normalized spacial score (nSPS) is 10.3. The molecule has 20 heavy (non-hydrogen) atoms. The lowest BCUT2D eigenvalue weighted by atomic mass is 10.1. The van der Waals surface area contributed by atoms with Crippen molar-refractivity contribution in [2.45, 2.75) is 13.0 Å². The molecule has 0 unspecified atom stereocenters. The van der Waals surface area contributed by atoms with Crippen molar-refractivity contribution in [3.8, 4) is 0 Å². The number of aromatic nitrogens is 1. The molecule has 0 aliphatic heterocycles. The molecule has 0 saturated heterocycles. The Morgan fingerprint density at radius 1 is 1.25 bits per heavy atom. The van der Waals surface area contributed by atoms with Gasteiger partial charge in [0, 0.05) is 22.3 Å². The van der Waals surface area contributed by atoms with Gasteiger partial charge in [-0.2, -0.15) is 0 Å². The average Bonchev–Trinajstić information content (AvgIpc) is 2.42. The fourth-order valence-corrected chi connectivity index (χ4v) is 1.89. The van der Waals surface area contributed by atoms with Crippen molar-refractivity contribution in [2.75, 3.05) is 0 Å². The van der Waals surface area contributed by atoms with Crippen LogP contribution in [0.1, 0.15) is 11.1 Å². The lowest BCUT2D eigenvalue weighted by Crippen LogP contribution is -2.09. The van der Waals surface area contributed by atoms with Gasteiger partial charge in [0.25, 0.3) is 0 Å². The zero-order valence-electron chi connectivity index (χ0n) is 10.3. The van der Waals surface area contributed by atoms with Crippen LogP contribution in [0.4, 0.5) is 4.39 Å². The van der Waals surface area contributed by atoms with E-state index in [4.69, 9.17) is 27.9 Å². The highest BCUT2D eigenvalue weighted by molar-refractivity contribution is 6.31. The average molecular weight is 314 g/mol. The number of hydrogen-bond donors (Lipinski definition) is 0. The number of hydrogen-bond acceptors (Lipinski definition) is 3. The van der Waals surface area contributed by atoms with Crippen molar-refractivity contribution in [1.29, 1.82) is 0 Å². The molecule has 0 radical (unpaired) electrons.